The van der Waals surface area contributed by atoms with Crippen LogP contribution < -0.4 is 15.6 Å². The van der Waals surface area contributed by atoms with Gasteiger partial charge in [-0.15, -0.1) is 0 Å². The number of anilines is 1. The van der Waals surface area contributed by atoms with Gasteiger partial charge >= 0.3 is 0 Å². The summed E-state index contributed by atoms with van der Waals surface area (Å²) in [4.78, 5) is 29.8. The fraction of sp³-hybridized carbons (Fsp3) is 0.217. The van der Waals surface area contributed by atoms with E-state index < -0.39 is 0 Å². The molecule has 0 saturated carbocycles. The predicted molar refractivity (Wildman–Crippen MR) is 121 cm³/mol. The van der Waals surface area contributed by atoms with Crippen LogP contribution in [0.15, 0.2) is 59.4 Å². The molecular formula is C23H22N4O3S. The second-order valence-corrected chi connectivity index (χ2v) is 8.15. The standard InChI is InChI=1S/C23H22N4O3S/c1-3-6-20-26-27-21(28)13-17(25-23(27)31-20)14-30-18-11-9-16(10-12-18)24-22(29)19-8-5-4-7-15(19)2/h4-5,7-13H,3,6,14H2,1-2H3,(H,24,29). The molecular weight excluding hydrogens is 412 g/mol. The van der Waals surface area contributed by atoms with Crippen molar-refractivity contribution in [2.24, 2.45) is 0 Å². The van der Waals surface area contributed by atoms with Gasteiger partial charge < -0.3 is 10.1 Å². The molecule has 158 valence electrons. The van der Waals surface area contributed by atoms with Crippen molar-refractivity contribution in [3.8, 4) is 5.75 Å². The van der Waals surface area contributed by atoms with Crippen LogP contribution in [0, 0.1) is 6.92 Å². The molecule has 0 saturated heterocycles. The molecule has 0 spiro atoms. The summed E-state index contributed by atoms with van der Waals surface area (Å²) in [6, 6.07) is 16.0. The smallest absolute Gasteiger partial charge is 0.275 e. The summed E-state index contributed by atoms with van der Waals surface area (Å²) in [5, 5.41) is 8.09. The molecule has 0 aliphatic heterocycles. The SMILES string of the molecule is CCCc1nn2c(=O)cc(COc3ccc(NC(=O)c4ccccc4C)cc3)nc2s1. The van der Waals surface area contributed by atoms with E-state index in [0.29, 0.717) is 27.7 Å². The molecule has 1 amide bonds. The fourth-order valence-corrected chi connectivity index (χ4v) is 4.12. The van der Waals surface area contributed by atoms with Gasteiger partial charge in [-0.1, -0.05) is 36.5 Å². The summed E-state index contributed by atoms with van der Waals surface area (Å²) in [5.74, 6) is 0.462. The van der Waals surface area contributed by atoms with Crippen LogP contribution in [0.1, 0.15) is 40.0 Å². The zero-order chi connectivity index (χ0) is 21.8. The number of aryl methyl sites for hydroxylation is 2. The van der Waals surface area contributed by atoms with Gasteiger partial charge in [-0.3, -0.25) is 9.59 Å². The van der Waals surface area contributed by atoms with Crippen molar-refractivity contribution < 1.29 is 9.53 Å². The molecule has 0 bridgehead atoms. The maximum absolute atomic E-state index is 12.4. The molecule has 31 heavy (non-hydrogen) atoms. The molecule has 2 aromatic heterocycles. The maximum Gasteiger partial charge on any atom is 0.275 e. The molecule has 0 fully saturated rings. The minimum atomic E-state index is -0.212. The highest BCUT2D eigenvalue weighted by molar-refractivity contribution is 7.16. The van der Waals surface area contributed by atoms with Crippen LogP contribution in [-0.2, 0) is 13.0 Å². The molecule has 2 aromatic carbocycles. The number of rotatable bonds is 7. The van der Waals surface area contributed by atoms with E-state index in [2.05, 4.69) is 22.3 Å². The quantitative estimate of drug-likeness (QED) is 0.470. The highest BCUT2D eigenvalue weighted by Gasteiger charge is 2.10. The van der Waals surface area contributed by atoms with Crippen molar-refractivity contribution >= 4 is 27.9 Å². The van der Waals surface area contributed by atoms with E-state index >= 15 is 0 Å². The van der Waals surface area contributed by atoms with Gasteiger partial charge in [0.2, 0.25) is 4.96 Å². The third kappa shape index (κ3) is 4.80. The molecule has 1 N–H and O–H groups in total. The van der Waals surface area contributed by atoms with Crippen LogP contribution in [0.5, 0.6) is 5.75 Å². The van der Waals surface area contributed by atoms with E-state index in [9.17, 15) is 9.59 Å². The average molecular weight is 435 g/mol. The number of fused-ring (bicyclic) bond motifs is 1. The van der Waals surface area contributed by atoms with Crippen molar-refractivity contribution in [1.29, 1.82) is 0 Å². The zero-order valence-corrected chi connectivity index (χ0v) is 18.1. The predicted octanol–water partition coefficient (Wildman–Crippen LogP) is 4.24. The van der Waals surface area contributed by atoms with E-state index in [1.807, 2.05) is 25.1 Å². The number of amides is 1. The van der Waals surface area contributed by atoms with Gasteiger partial charge in [0, 0.05) is 23.7 Å². The van der Waals surface area contributed by atoms with E-state index in [0.717, 1.165) is 23.4 Å². The Bertz CT molecular complexity index is 1280. The third-order valence-corrected chi connectivity index (χ3v) is 5.66. The Balaban J connectivity index is 1.41. The number of nitrogens with one attached hydrogen (secondary N) is 1. The fourth-order valence-electron chi connectivity index (χ4n) is 3.10. The van der Waals surface area contributed by atoms with E-state index in [1.165, 1.54) is 21.9 Å². The normalized spacial score (nSPS) is 10.9. The van der Waals surface area contributed by atoms with Crippen LogP contribution in [0.2, 0.25) is 0 Å². The Morgan fingerprint density at radius 2 is 1.94 bits per heavy atom. The zero-order valence-electron chi connectivity index (χ0n) is 17.3. The Labute approximate surface area is 183 Å². The highest BCUT2D eigenvalue weighted by atomic mass is 32.1. The van der Waals surface area contributed by atoms with Crippen molar-refractivity contribution in [2.45, 2.75) is 33.3 Å². The van der Waals surface area contributed by atoms with Crippen molar-refractivity contribution in [3.63, 3.8) is 0 Å². The summed E-state index contributed by atoms with van der Waals surface area (Å²) in [5.41, 5.74) is 2.57. The number of carbonyl (C=O) groups is 1. The Kier molecular flexibility index (Phi) is 6.08. The first-order valence-electron chi connectivity index (χ1n) is 10.0. The number of carbonyl (C=O) groups excluding carboxylic acids is 1. The summed E-state index contributed by atoms with van der Waals surface area (Å²) >= 11 is 1.42. The number of ether oxygens (including phenoxy) is 1. The van der Waals surface area contributed by atoms with Gasteiger partial charge in [0.25, 0.3) is 11.5 Å². The number of aromatic nitrogens is 3. The summed E-state index contributed by atoms with van der Waals surface area (Å²) < 4.78 is 7.11. The summed E-state index contributed by atoms with van der Waals surface area (Å²) in [6.45, 7) is 4.14. The second-order valence-electron chi connectivity index (χ2n) is 7.11. The number of benzene rings is 2. The molecule has 0 atom stereocenters. The lowest BCUT2D eigenvalue weighted by atomic mass is 10.1. The van der Waals surface area contributed by atoms with Crippen LogP contribution in [0.3, 0.4) is 0 Å². The largest absolute Gasteiger partial charge is 0.487 e. The number of hydrogen-bond acceptors (Lipinski definition) is 6. The monoisotopic (exact) mass is 434 g/mol. The first-order chi connectivity index (χ1) is 15.0. The van der Waals surface area contributed by atoms with Crippen LogP contribution >= 0.6 is 11.3 Å². The van der Waals surface area contributed by atoms with Gasteiger partial charge in [-0.2, -0.15) is 9.61 Å². The van der Waals surface area contributed by atoms with E-state index in [4.69, 9.17) is 4.74 Å². The summed E-state index contributed by atoms with van der Waals surface area (Å²) in [6.07, 6.45) is 1.79. The van der Waals surface area contributed by atoms with Crippen LogP contribution in [0.25, 0.3) is 4.96 Å². The van der Waals surface area contributed by atoms with E-state index in [1.54, 1.807) is 30.3 Å². The molecule has 4 rings (SSSR count). The lowest BCUT2D eigenvalue weighted by molar-refractivity contribution is 0.102. The minimum absolute atomic E-state index is 0.156. The minimum Gasteiger partial charge on any atom is -0.487 e. The molecule has 4 aromatic rings. The molecule has 0 unspecified atom stereocenters. The van der Waals surface area contributed by atoms with Crippen molar-refractivity contribution in [1.82, 2.24) is 14.6 Å². The molecule has 2 heterocycles. The second kappa shape index (κ2) is 9.09. The number of nitrogens with zero attached hydrogens (tertiary/aromatic N) is 3. The molecule has 0 radical (unpaired) electrons. The Morgan fingerprint density at radius 1 is 1.16 bits per heavy atom. The maximum atomic E-state index is 12.4. The molecule has 0 aliphatic carbocycles. The number of hydrogen-bond donors (Lipinski definition) is 1. The molecule has 0 aliphatic rings. The topological polar surface area (TPSA) is 85.6 Å². The average Bonchev–Trinajstić information content (AvgIpc) is 3.17. The first kappa shape index (κ1) is 20.7. The van der Waals surface area contributed by atoms with Crippen molar-refractivity contribution in [3.05, 3.63) is 86.8 Å². The van der Waals surface area contributed by atoms with Gasteiger partial charge in [-0.05, 0) is 49.2 Å². The lowest BCUT2D eigenvalue weighted by Crippen LogP contribution is -2.16. The molecule has 8 heteroatoms. The van der Waals surface area contributed by atoms with Gasteiger partial charge in [0.05, 0.1) is 5.69 Å². The van der Waals surface area contributed by atoms with E-state index in [-0.39, 0.29) is 18.1 Å². The first-order valence-corrected chi connectivity index (χ1v) is 10.8. The van der Waals surface area contributed by atoms with Crippen LogP contribution in [0.4, 0.5) is 5.69 Å². The molecule has 7 nitrogen and oxygen atoms in total. The lowest BCUT2D eigenvalue weighted by Gasteiger charge is -2.09. The van der Waals surface area contributed by atoms with Gasteiger partial charge in [0.15, 0.2) is 0 Å². The van der Waals surface area contributed by atoms with Crippen LogP contribution in [-0.4, -0.2) is 20.5 Å². The Morgan fingerprint density at radius 3 is 2.68 bits per heavy atom. The van der Waals surface area contributed by atoms with Gasteiger partial charge in [0.1, 0.15) is 17.4 Å². The summed E-state index contributed by atoms with van der Waals surface area (Å²) in [7, 11) is 0. The van der Waals surface area contributed by atoms with Gasteiger partial charge in [-0.25, -0.2) is 4.98 Å². The van der Waals surface area contributed by atoms with Crippen molar-refractivity contribution in [2.75, 3.05) is 5.32 Å². The highest BCUT2D eigenvalue weighted by Crippen LogP contribution is 2.19. The Hall–Kier alpha value is -3.52. The third-order valence-electron chi connectivity index (χ3n) is 4.69.